The van der Waals surface area contributed by atoms with Crippen LogP contribution in [0.25, 0.3) is 71.3 Å². The molecule has 0 aliphatic rings. The molecule has 0 unspecified atom stereocenters. The summed E-state index contributed by atoms with van der Waals surface area (Å²) in [6.45, 7) is 0. The summed E-state index contributed by atoms with van der Waals surface area (Å²) in [5, 5.41) is 7.41. The molecule has 0 bridgehead atoms. The molecule has 0 N–H and O–H groups in total. The van der Waals surface area contributed by atoms with Gasteiger partial charge in [-0.2, -0.15) is 0 Å². The van der Waals surface area contributed by atoms with Crippen LogP contribution >= 0.6 is 0 Å². The Balaban J connectivity index is 1.10. The van der Waals surface area contributed by atoms with Gasteiger partial charge in [-0.25, -0.2) is 0 Å². The molecule has 9 aromatic carbocycles. The van der Waals surface area contributed by atoms with E-state index in [1.165, 1.54) is 71.3 Å². The Morgan fingerprint density at radius 1 is 0.327 bits per heavy atom. The van der Waals surface area contributed by atoms with Gasteiger partial charge in [0.05, 0.1) is 22.4 Å². The quantitative estimate of drug-likeness (QED) is 0.172. The molecular formula is C50H34N2. The maximum Gasteiger partial charge on any atom is 0.0547 e. The highest BCUT2D eigenvalue weighted by Gasteiger charge is 2.20. The molecule has 1 aromatic heterocycles. The zero-order valence-corrected chi connectivity index (χ0v) is 28.5. The van der Waals surface area contributed by atoms with Crippen LogP contribution in [0.2, 0.25) is 0 Å². The number of benzene rings is 9. The number of nitrogens with zero attached hydrogens (tertiary/aromatic N) is 2. The van der Waals surface area contributed by atoms with Gasteiger partial charge in [-0.05, 0) is 81.4 Å². The molecule has 0 atom stereocenters. The van der Waals surface area contributed by atoms with Crippen LogP contribution in [0.1, 0.15) is 0 Å². The maximum atomic E-state index is 2.42. The fourth-order valence-electron chi connectivity index (χ4n) is 7.89. The van der Waals surface area contributed by atoms with Crippen molar-refractivity contribution in [2.75, 3.05) is 4.90 Å². The number of para-hydroxylation sites is 3. The first-order chi connectivity index (χ1) is 25.8. The van der Waals surface area contributed by atoms with Crippen molar-refractivity contribution in [2.24, 2.45) is 0 Å². The number of rotatable bonds is 6. The number of hydrogen-bond donors (Lipinski definition) is 0. The molecule has 0 aliphatic carbocycles. The van der Waals surface area contributed by atoms with Crippen LogP contribution < -0.4 is 4.90 Å². The Bertz CT molecular complexity index is 2900. The zero-order valence-electron chi connectivity index (χ0n) is 28.5. The number of aromatic nitrogens is 1. The van der Waals surface area contributed by atoms with Gasteiger partial charge in [-0.1, -0.05) is 158 Å². The first kappa shape index (κ1) is 30.0. The van der Waals surface area contributed by atoms with E-state index in [0.29, 0.717) is 0 Å². The van der Waals surface area contributed by atoms with Crippen LogP contribution in [0.5, 0.6) is 0 Å². The minimum atomic E-state index is 1.13. The largest absolute Gasteiger partial charge is 0.309 e. The molecule has 0 radical (unpaired) electrons. The third kappa shape index (κ3) is 5.04. The highest BCUT2D eigenvalue weighted by molar-refractivity contribution is 6.10. The second-order valence-corrected chi connectivity index (χ2v) is 13.4. The molecule has 0 saturated heterocycles. The Hall–Kier alpha value is -6.90. The van der Waals surface area contributed by atoms with Crippen molar-refractivity contribution < 1.29 is 0 Å². The Morgan fingerprint density at radius 3 is 1.81 bits per heavy atom. The van der Waals surface area contributed by atoms with Gasteiger partial charge in [0.25, 0.3) is 0 Å². The molecule has 1 heterocycles. The number of hydrogen-bond acceptors (Lipinski definition) is 1. The van der Waals surface area contributed by atoms with Gasteiger partial charge in [0, 0.05) is 33.1 Å². The first-order valence-corrected chi connectivity index (χ1v) is 17.9. The van der Waals surface area contributed by atoms with E-state index in [0.717, 1.165) is 17.1 Å². The van der Waals surface area contributed by atoms with Gasteiger partial charge >= 0.3 is 0 Å². The highest BCUT2D eigenvalue weighted by atomic mass is 15.1. The van der Waals surface area contributed by atoms with Gasteiger partial charge < -0.3 is 9.47 Å². The van der Waals surface area contributed by atoms with E-state index >= 15 is 0 Å². The lowest BCUT2D eigenvalue weighted by Gasteiger charge is -2.29. The summed E-state index contributed by atoms with van der Waals surface area (Å²) in [5.74, 6) is 0. The normalized spacial score (nSPS) is 11.5. The third-order valence-corrected chi connectivity index (χ3v) is 10.4. The second-order valence-electron chi connectivity index (χ2n) is 13.4. The van der Waals surface area contributed by atoms with Crippen molar-refractivity contribution in [1.29, 1.82) is 0 Å². The average Bonchev–Trinajstić information content (AvgIpc) is 3.55. The van der Waals surface area contributed by atoms with Gasteiger partial charge in [0.15, 0.2) is 0 Å². The van der Waals surface area contributed by atoms with Crippen LogP contribution in [-0.2, 0) is 0 Å². The molecule has 0 spiro atoms. The van der Waals surface area contributed by atoms with Crippen molar-refractivity contribution in [3.05, 3.63) is 206 Å². The van der Waals surface area contributed by atoms with E-state index in [1.54, 1.807) is 0 Å². The van der Waals surface area contributed by atoms with E-state index in [4.69, 9.17) is 0 Å². The van der Waals surface area contributed by atoms with Crippen LogP contribution in [0.15, 0.2) is 206 Å². The summed E-state index contributed by atoms with van der Waals surface area (Å²) in [6, 6.07) is 74.7. The van der Waals surface area contributed by atoms with E-state index in [-0.39, 0.29) is 0 Å². The van der Waals surface area contributed by atoms with Crippen molar-refractivity contribution in [3.63, 3.8) is 0 Å². The molecule has 52 heavy (non-hydrogen) atoms. The molecule has 0 amide bonds. The molecule has 2 nitrogen and oxygen atoms in total. The summed E-state index contributed by atoms with van der Waals surface area (Å²) in [7, 11) is 0. The predicted molar refractivity (Wildman–Crippen MR) is 221 cm³/mol. The highest BCUT2D eigenvalue weighted by Crippen LogP contribution is 2.44. The van der Waals surface area contributed by atoms with Crippen molar-refractivity contribution in [3.8, 4) is 27.9 Å². The predicted octanol–water partition coefficient (Wildman–Crippen LogP) is 13.9. The van der Waals surface area contributed by atoms with Crippen LogP contribution in [0.4, 0.5) is 17.1 Å². The van der Waals surface area contributed by atoms with Crippen molar-refractivity contribution in [1.82, 2.24) is 4.57 Å². The summed E-state index contributed by atoms with van der Waals surface area (Å²) in [6.07, 6.45) is 0. The van der Waals surface area contributed by atoms with E-state index in [9.17, 15) is 0 Å². The minimum Gasteiger partial charge on any atom is -0.309 e. The van der Waals surface area contributed by atoms with Crippen LogP contribution in [-0.4, -0.2) is 4.57 Å². The third-order valence-electron chi connectivity index (χ3n) is 10.4. The van der Waals surface area contributed by atoms with Gasteiger partial charge in [-0.15, -0.1) is 0 Å². The molecule has 0 saturated carbocycles. The van der Waals surface area contributed by atoms with Crippen LogP contribution in [0, 0.1) is 0 Å². The molecule has 10 aromatic rings. The van der Waals surface area contributed by atoms with Gasteiger partial charge in [-0.3, -0.25) is 0 Å². The summed E-state index contributed by atoms with van der Waals surface area (Å²) < 4.78 is 2.38. The van der Waals surface area contributed by atoms with Crippen molar-refractivity contribution >= 4 is 60.4 Å². The van der Waals surface area contributed by atoms with Crippen LogP contribution in [0.3, 0.4) is 0 Å². The second kappa shape index (κ2) is 12.5. The smallest absolute Gasteiger partial charge is 0.0547 e. The van der Waals surface area contributed by atoms with E-state index in [2.05, 4.69) is 216 Å². The topological polar surface area (TPSA) is 8.17 Å². The van der Waals surface area contributed by atoms with Crippen molar-refractivity contribution in [2.45, 2.75) is 0 Å². The molecule has 0 fully saturated rings. The molecule has 0 aliphatic heterocycles. The number of fused-ring (bicyclic) bond motifs is 5. The molecular weight excluding hydrogens is 629 g/mol. The fourth-order valence-corrected chi connectivity index (χ4v) is 7.89. The minimum absolute atomic E-state index is 1.13. The Kier molecular flexibility index (Phi) is 7.18. The fraction of sp³-hybridized carbons (Fsp3) is 0. The Labute approximate surface area is 303 Å². The van der Waals surface area contributed by atoms with E-state index < -0.39 is 0 Å². The SMILES string of the molecule is c1ccc(-n2c3ccccc3c3ccc(-c4ccc(-c5ccccc5N(c5ccc6ccccc6c5)c5cccc6ccccc56)cc4)cc32)cc1. The number of anilines is 3. The Morgan fingerprint density at radius 2 is 0.942 bits per heavy atom. The first-order valence-electron chi connectivity index (χ1n) is 17.9. The molecule has 10 rings (SSSR count). The van der Waals surface area contributed by atoms with Gasteiger partial charge in [0.2, 0.25) is 0 Å². The zero-order chi connectivity index (χ0) is 34.4. The van der Waals surface area contributed by atoms with Gasteiger partial charge in [0.1, 0.15) is 0 Å². The summed E-state index contributed by atoms with van der Waals surface area (Å²) in [5.41, 5.74) is 11.7. The lowest BCUT2D eigenvalue weighted by molar-refractivity contribution is 1.18. The maximum absolute atomic E-state index is 2.42. The lowest BCUT2D eigenvalue weighted by atomic mass is 9.97. The molecule has 2 heteroatoms. The monoisotopic (exact) mass is 662 g/mol. The lowest BCUT2D eigenvalue weighted by Crippen LogP contribution is -2.11. The average molecular weight is 663 g/mol. The van der Waals surface area contributed by atoms with E-state index in [1.807, 2.05) is 0 Å². The molecule has 244 valence electrons. The summed E-state index contributed by atoms with van der Waals surface area (Å²) >= 11 is 0. The standard InChI is InChI=1S/C50H34N2/c1-2-17-41(18-3-1)51-49-23-11-9-21-45(49)46-32-30-40(34-50(46)51)36-25-27-38(28-26-36)44-20-8-10-22-47(44)52(42-31-29-35-13-4-5-15-39(35)33-42)48-24-12-16-37-14-6-7-19-43(37)48/h1-34H. The summed E-state index contributed by atoms with van der Waals surface area (Å²) in [4.78, 5) is 2.42.